The first-order chi connectivity index (χ1) is 5.36. The maximum absolute atomic E-state index is 4.33. The summed E-state index contributed by atoms with van der Waals surface area (Å²) in [5.74, 6) is 0.984. The first-order valence-corrected chi connectivity index (χ1v) is 3.76. The standard InChI is InChI=1S/C9H10N2/c1-7-10-8-5-3-2-4-6-9(8)11-7/h2-3,5-6H,4H2,1H3,(H,10,11). The largest absolute Gasteiger partial charge is 0.342 e. The Bertz CT molecular complexity index is 396. The molecule has 1 aromatic rings. The summed E-state index contributed by atoms with van der Waals surface area (Å²) in [6.45, 7) is 1.97. The number of nitrogens with one attached hydrogen (secondary N) is 1. The van der Waals surface area contributed by atoms with E-state index in [0.717, 1.165) is 22.9 Å². The molecular formula is C9H10N2. The van der Waals surface area contributed by atoms with Crippen LogP contribution >= 0.6 is 0 Å². The smallest absolute Gasteiger partial charge is 0.104 e. The van der Waals surface area contributed by atoms with E-state index in [-0.39, 0.29) is 0 Å². The van der Waals surface area contributed by atoms with E-state index in [1.54, 1.807) is 0 Å². The highest BCUT2D eigenvalue weighted by atomic mass is 14.9. The molecule has 0 aliphatic heterocycles. The molecule has 1 N–H and O–H groups in total. The van der Waals surface area contributed by atoms with Gasteiger partial charge in [0, 0.05) is 0 Å². The third-order valence-electron chi connectivity index (χ3n) is 1.73. The van der Waals surface area contributed by atoms with Crippen LogP contribution < -0.4 is 10.7 Å². The highest BCUT2D eigenvalue weighted by Crippen LogP contribution is 1.87. The Labute approximate surface area is 65.0 Å². The minimum atomic E-state index is 0.980. The Kier molecular flexibility index (Phi) is 1.39. The van der Waals surface area contributed by atoms with Crippen molar-refractivity contribution in [2.24, 2.45) is 0 Å². The van der Waals surface area contributed by atoms with Crippen molar-refractivity contribution in [2.75, 3.05) is 0 Å². The Morgan fingerprint density at radius 3 is 3.36 bits per heavy atom. The van der Waals surface area contributed by atoms with Gasteiger partial charge in [-0.25, -0.2) is 4.98 Å². The van der Waals surface area contributed by atoms with E-state index in [1.165, 1.54) is 0 Å². The molecule has 0 atom stereocenters. The van der Waals surface area contributed by atoms with Crippen LogP contribution in [0.25, 0.3) is 12.2 Å². The fraction of sp³-hybridized carbons (Fsp3) is 0.222. The molecule has 0 spiro atoms. The molecule has 56 valence electrons. The van der Waals surface area contributed by atoms with Crippen LogP contribution in [0.1, 0.15) is 12.2 Å². The summed E-state index contributed by atoms with van der Waals surface area (Å²) in [6.07, 6.45) is 9.33. The summed E-state index contributed by atoms with van der Waals surface area (Å²) in [7, 11) is 0. The van der Waals surface area contributed by atoms with Gasteiger partial charge in [0.1, 0.15) is 5.82 Å². The van der Waals surface area contributed by atoms with Crippen LogP contribution in [-0.4, -0.2) is 9.97 Å². The van der Waals surface area contributed by atoms with Gasteiger partial charge in [0.15, 0.2) is 0 Å². The molecule has 11 heavy (non-hydrogen) atoms. The summed E-state index contributed by atoms with van der Waals surface area (Å²) in [5, 5.41) is 2.20. The molecule has 1 aromatic heterocycles. The van der Waals surface area contributed by atoms with Gasteiger partial charge in [-0.2, -0.15) is 0 Å². The average Bonchev–Trinajstić information content (AvgIpc) is 2.17. The molecular weight excluding hydrogens is 136 g/mol. The fourth-order valence-electron chi connectivity index (χ4n) is 1.23. The first kappa shape index (κ1) is 6.40. The number of aryl methyl sites for hydroxylation is 1. The number of aromatic amines is 1. The second-order valence-corrected chi connectivity index (χ2v) is 2.66. The number of imidazole rings is 1. The molecule has 0 aromatic carbocycles. The lowest BCUT2D eigenvalue weighted by Gasteiger charge is -1.75. The van der Waals surface area contributed by atoms with Crippen LogP contribution in [0.15, 0.2) is 12.2 Å². The van der Waals surface area contributed by atoms with Crippen LogP contribution in [0.5, 0.6) is 0 Å². The number of H-pyrrole nitrogens is 1. The van der Waals surface area contributed by atoms with E-state index >= 15 is 0 Å². The second-order valence-electron chi connectivity index (χ2n) is 2.66. The molecule has 0 saturated carbocycles. The summed E-state index contributed by atoms with van der Waals surface area (Å²) >= 11 is 0. The number of fused-ring (bicyclic) bond motifs is 1. The van der Waals surface area contributed by atoms with Gasteiger partial charge in [0.25, 0.3) is 0 Å². The van der Waals surface area contributed by atoms with Crippen molar-refractivity contribution in [3.05, 3.63) is 28.7 Å². The van der Waals surface area contributed by atoms with Crippen molar-refractivity contribution < 1.29 is 0 Å². The molecule has 2 nitrogen and oxygen atoms in total. The molecule has 0 saturated heterocycles. The summed E-state index contributed by atoms with van der Waals surface area (Å²) in [5.41, 5.74) is 0. The van der Waals surface area contributed by atoms with Crippen molar-refractivity contribution >= 4 is 12.2 Å². The quantitative estimate of drug-likeness (QED) is 0.558. The molecule has 0 fully saturated rings. The SMILES string of the molecule is Cc1nc2c([nH]1)=CC=CCC=2. The number of nitrogens with zero attached hydrogens (tertiary/aromatic N) is 1. The Morgan fingerprint density at radius 2 is 2.45 bits per heavy atom. The van der Waals surface area contributed by atoms with E-state index in [9.17, 15) is 0 Å². The van der Waals surface area contributed by atoms with E-state index in [1.807, 2.05) is 6.92 Å². The molecule has 0 amide bonds. The number of aromatic nitrogens is 2. The fourth-order valence-corrected chi connectivity index (χ4v) is 1.23. The van der Waals surface area contributed by atoms with Gasteiger partial charge in [-0.05, 0) is 19.4 Å². The summed E-state index contributed by atoms with van der Waals surface area (Å²) in [6, 6.07) is 0. The molecule has 1 aliphatic carbocycles. The lowest BCUT2D eigenvalue weighted by molar-refractivity contribution is 1.13. The highest BCUT2D eigenvalue weighted by molar-refractivity contribution is 5.40. The predicted octanol–water partition coefficient (Wildman–Crippen LogP) is 0.239. The predicted molar refractivity (Wildman–Crippen MR) is 45.3 cm³/mol. The third kappa shape index (κ3) is 1.11. The number of allylic oxidation sites excluding steroid dienone is 2. The van der Waals surface area contributed by atoms with Gasteiger partial charge in [0.2, 0.25) is 0 Å². The zero-order valence-electron chi connectivity index (χ0n) is 6.46. The van der Waals surface area contributed by atoms with Crippen molar-refractivity contribution in [1.29, 1.82) is 0 Å². The minimum absolute atomic E-state index is 0.980. The van der Waals surface area contributed by atoms with Gasteiger partial charge in [-0.1, -0.05) is 18.2 Å². The maximum Gasteiger partial charge on any atom is 0.104 e. The average molecular weight is 146 g/mol. The van der Waals surface area contributed by atoms with Crippen molar-refractivity contribution in [3.8, 4) is 0 Å². The van der Waals surface area contributed by atoms with Crippen molar-refractivity contribution in [3.63, 3.8) is 0 Å². The van der Waals surface area contributed by atoms with E-state index in [4.69, 9.17) is 0 Å². The van der Waals surface area contributed by atoms with Gasteiger partial charge >= 0.3 is 0 Å². The van der Waals surface area contributed by atoms with Gasteiger partial charge in [0.05, 0.1) is 10.7 Å². The zero-order valence-corrected chi connectivity index (χ0v) is 6.46. The van der Waals surface area contributed by atoms with Crippen LogP contribution in [0.2, 0.25) is 0 Å². The zero-order chi connectivity index (χ0) is 7.68. The summed E-state index contributed by atoms with van der Waals surface area (Å²) in [4.78, 5) is 7.52. The number of hydrogen-bond donors (Lipinski definition) is 1. The van der Waals surface area contributed by atoms with E-state index < -0.39 is 0 Å². The molecule has 0 bridgehead atoms. The second kappa shape index (κ2) is 2.38. The van der Waals surface area contributed by atoms with Crippen LogP contribution in [0, 0.1) is 6.92 Å². The summed E-state index contributed by atoms with van der Waals surface area (Å²) < 4.78 is 0. The first-order valence-electron chi connectivity index (χ1n) is 3.76. The molecule has 0 radical (unpaired) electrons. The van der Waals surface area contributed by atoms with Gasteiger partial charge in [-0.15, -0.1) is 0 Å². The van der Waals surface area contributed by atoms with Crippen LogP contribution in [-0.2, 0) is 0 Å². The van der Waals surface area contributed by atoms with Gasteiger partial charge < -0.3 is 4.98 Å². The lowest BCUT2D eigenvalue weighted by atomic mass is 10.4. The molecule has 1 aliphatic rings. The molecule has 1 heterocycles. The Hall–Kier alpha value is -1.31. The lowest BCUT2D eigenvalue weighted by Crippen LogP contribution is -2.23. The minimum Gasteiger partial charge on any atom is -0.342 e. The number of hydrogen-bond acceptors (Lipinski definition) is 1. The molecule has 2 heteroatoms. The monoisotopic (exact) mass is 146 g/mol. The highest BCUT2D eigenvalue weighted by Gasteiger charge is 1.92. The Morgan fingerprint density at radius 1 is 1.55 bits per heavy atom. The van der Waals surface area contributed by atoms with Crippen molar-refractivity contribution in [2.45, 2.75) is 13.3 Å². The third-order valence-corrected chi connectivity index (χ3v) is 1.73. The molecule has 0 unspecified atom stereocenters. The topological polar surface area (TPSA) is 28.7 Å². The normalized spacial score (nSPS) is 14.6. The van der Waals surface area contributed by atoms with Crippen LogP contribution in [0.3, 0.4) is 0 Å². The van der Waals surface area contributed by atoms with Crippen molar-refractivity contribution in [1.82, 2.24) is 9.97 Å². The Balaban J connectivity index is 2.79. The van der Waals surface area contributed by atoms with Crippen LogP contribution in [0.4, 0.5) is 0 Å². The number of rotatable bonds is 0. The molecule has 2 rings (SSSR count). The van der Waals surface area contributed by atoms with E-state index in [0.29, 0.717) is 0 Å². The maximum atomic E-state index is 4.33. The van der Waals surface area contributed by atoms with Gasteiger partial charge in [-0.3, -0.25) is 0 Å². The van der Waals surface area contributed by atoms with E-state index in [2.05, 4.69) is 34.3 Å².